The molecule has 0 atom stereocenters. The van der Waals surface area contributed by atoms with Gasteiger partial charge in [-0.15, -0.1) is 11.3 Å². The number of aromatic carboxylic acids is 1. The Morgan fingerprint density at radius 3 is 2.71 bits per heavy atom. The maximum Gasteiger partial charge on any atom is 0.335 e. The molecule has 0 bridgehead atoms. The van der Waals surface area contributed by atoms with Crippen LogP contribution in [0, 0.1) is 0 Å². The number of hydrogen-bond donors (Lipinski definition) is 2. The Hall–Kier alpha value is -1.72. The first-order valence-electron chi connectivity index (χ1n) is 6.84. The molecule has 0 radical (unpaired) electrons. The average molecular weight is 304 g/mol. The van der Waals surface area contributed by atoms with Gasteiger partial charge >= 0.3 is 5.97 Å². The van der Waals surface area contributed by atoms with E-state index in [9.17, 15) is 4.79 Å². The van der Waals surface area contributed by atoms with E-state index in [1.807, 2.05) is 6.07 Å². The predicted molar refractivity (Wildman–Crippen MR) is 84.8 cm³/mol. The van der Waals surface area contributed by atoms with Gasteiger partial charge in [0.05, 0.1) is 11.3 Å². The smallest absolute Gasteiger partial charge is 0.335 e. The molecule has 2 aromatic rings. The third kappa shape index (κ3) is 4.37. The van der Waals surface area contributed by atoms with Gasteiger partial charge in [-0.05, 0) is 17.7 Å². The predicted octanol–water partition coefficient (Wildman–Crippen LogP) is 3.43. The van der Waals surface area contributed by atoms with Crippen LogP contribution in [0.4, 0.5) is 0 Å². The SMILES string of the molecule is CC(C)(C)c1csc(CNCc2cccc(C(=O)O)c2)n1. The second-order valence-electron chi connectivity index (χ2n) is 5.99. The largest absolute Gasteiger partial charge is 0.478 e. The molecule has 0 saturated heterocycles. The van der Waals surface area contributed by atoms with Crippen molar-refractivity contribution >= 4 is 17.3 Å². The van der Waals surface area contributed by atoms with Crippen molar-refractivity contribution in [2.24, 2.45) is 0 Å². The number of nitrogens with zero attached hydrogens (tertiary/aromatic N) is 1. The fourth-order valence-electron chi connectivity index (χ4n) is 1.86. The molecule has 0 aliphatic carbocycles. The van der Waals surface area contributed by atoms with Gasteiger partial charge in [-0.3, -0.25) is 0 Å². The quantitative estimate of drug-likeness (QED) is 0.888. The zero-order valence-electron chi connectivity index (χ0n) is 12.5. The number of benzene rings is 1. The zero-order chi connectivity index (χ0) is 15.5. The van der Waals surface area contributed by atoms with E-state index in [0.29, 0.717) is 18.7 Å². The summed E-state index contributed by atoms with van der Waals surface area (Å²) < 4.78 is 0. The highest BCUT2D eigenvalue weighted by molar-refractivity contribution is 7.09. The average Bonchev–Trinajstić information content (AvgIpc) is 2.88. The molecule has 0 fully saturated rings. The molecule has 1 aromatic heterocycles. The van der Waals surface area contributed by atoms with Gasteiger partial charge in [-0.25, -0.2) is 9.78 Å². The summed E-state index contributed by atoms with van der Waals surface area (Å²) in [6.07, 6.45) is 0. The van der Waals surface area contributed by atoms with Crippen LogP contribution in [0.15, 0.2) is 29.6 Å². The second-order valence-corrected chi connectivity index (χ2v) is 6.93. The van der Waals surface area contributed by atoms with Crippen molar-refractivity contribution in [2.45, 2.75) is 39.3 Å². The minimum atomic E-state index is -0.897. The molecule has 0 saturated carbocycles. The van der Waals surface area contributed by atoms with Crippen LogP contribution in [0.2, 0.25) is 0 Å². The van der Waals surface area contributed by atoms with Crippen molar-refractivity contribution in [3.63, 3.8) is 0 Å². The number of carboxylic acid groups (broad SMARTS) is 1. The number of aromatic nitrogens is 1. The maximum absolute atomic E-state index is 10.9. The van der Waals surface area contributed by atoms with Gasteiger partial charge in [0.15, 0.2) is 0 Å². The highest BCUT2D eigenvalue weighted by Gasteiger charge is 2.17. The first-order valence-corrected chi connectivity index (χ1v) is 7.72. The highest BCUT2D eigenvalue weighted by Crippen LogP contribution is 2.23. The summed E-state index contributed by atoms with van der Waals surface area (Å²) in [7, 11) is 0. The second kappa shape index (κ2) is 6.37. The van der Waals surface area contributed by atoms with E-state index in [-0.39, 0.29) is 5.41 Å². The summed E-state index contributed by atoms with van der Waals surface area (Å²) in [5.74, 6) is -0.897. The van der Waals surface area contributed by atoms with Crippen LogP contribution < -0.4 is 5.32 Å². The molecular formula is C16H20N2O2S. The van der Waals surface area contributed by atoms with Gasteiger partial charge < -0.3 is 10.4 Å². The van der Waals surface area contributed by atoms with Gasteiger partial charge in [0, 0.05) is 23.9 Å². The van der Waals surface area contributed by atoms with Gasteiger partial charge in [0.2, 0.25) is 0 Å². The molecule has 0 unspecified atom stereocenters. The van der Waals surface area contributed by atoms with Crippen LogP contribution in [0.25, 0.3) is 0 Å². The Kier molecular flexibility index (Phi) is 4.75. The topological polar surface area (TPSA) is 62.2 Å². The highest BCUT2D eigenvalue weighted by atomic mass is 32.1. The maximum atomic E-state index is 10.9. The number of rotatable bonds is 5. The fraction of sp³-hybridized carbons (Fsp3) is 0.375. The molecule has 4 nitrogen and oxygen atoms in total. The normalized spacial score (nSPS) is 11.6. The molecule has 0 aliphatic rings. The van der Waals surface area contributed by atoms with Crippen LogP contribution in [0.5, 0.6) is 0 Å². The molecule has 2 N–H and O–H groups in total. The minimum absolute atomic E-state index is 0.0740. The van der Waals surface area contributed by atoms with Gasteiger partial charge in [0.1, 0.15) is 5.01 Å². The monoisotopic (exact) mass is 304 g/mol. The molecule has 21 heavy (non-hydrogen) atoms. The zero-order valence-corrected chi connectivity index (χ0v) is 13.3. The van der Waals surface area contributed by atoms with E-state index in [0.717, 1.165) is 16.3 Å². The Morgan fingerprint density at radius 1 is 1.33 bits per heavy atom. The Labute approximate surface area is 128 Å². The van der Waals surface area contributed by atoms with Gasteiger partial charge in [0.25, 0.3) is 0 Å². The van der Waals surface area contributed by atoms with Crippen LogP contribution in [-0.2, 0) is 18.5 Å². The third-order valence-electron chi connectivity index (χ3n) is 3.10. The third-order valence-corrected chi connectivity index (χ3v) is 3.95. The number of carbonyl (C=O) groups is 1. The van der Waals surface area contributed by atoms with Crippen molar-refractivity contribution in [3.05, 3.63) is 51.5 Å². The lowest BCUT2D eigenvalue weighted by Gasteiger charge is -2.14. The van der Waals surface area contributed by atoms with Crippen LogP contribution in [-0.4, -0.2) is 16.1 Å². The summed E-state index contributed by atoms with van der Waals surface area (Å²) in [4.78, 5) is 15.5. The molecule has 5 heteroatoms. The molecule has 1 heterocycles. The lowest BCUT2D eigenvalue weighted by molar-refractivity contribution is 0.0696. The molecule has 112 valence electrons. The molecule has 0 amide bonds. The lowest BCUT2D eigenvalue weighted by Crippen LogP contribution is -2.15. The summed E-state index contributed by atoms with van der Waals surface area (Å²) in [6, 6.07) is 6.98. The number of thiazole rings is 1. The lowest BCUT2D eigenvalue weighted by atomic mass is 9.93. The molecule has 0 aliphatic heterocycles. The van der Waals surface area contributed by atoms with E-state index >= 15 is 0 Å². The summed E-state index contributed by atoms with van der Waals surface area (Å²) in [5, 5.41) is 15.4. The van der Waals surface area contributed by atoms with Gasteiger partial charge in [-0.1, -0.05) is 32.9 Å². The van der Waals surface area contributed by atoms with Crippen molar-refractivity contribution in [3.8, 4) is 0 Å². The molecule has 0 spiro atoms. The van der Waals surface area contributed by atoms with Gasteiger partial charge in [-0.2, -0.15) is 0 Å². The van der Waals surface area contributed by atoms with E-state index in [1.165, 1.54) is 0 Å². The fourth-order valence-corrected chi connectivity index (χ4v) is 2.86. The number of hydrogen-bond acceptors (Lipinski definition) is 4. The van der Waals surface area contributed by atoms with Crippen LogP contribution in [0.1, 0.15) is 47.4 Å². The molecular weight excluding hydrogens is 284 g/mol. The Morgan fingerprint density at radius 2 is 2.10 bits per heavy atom. The Bertz CT molecular complexity index is 629. The minimum Gasteiger partial charge on any atom is -0.478 e. The van der Waals surface area contributed by atoms with Crippen molar-refractivity contribution < 1.29 is 9.90 Å². The van der Waals surface area contributed by atoms with E-state index in [4.69, 9.17) is 5.11 Å². The molecule has 2 rings (SSSR count). The molecule has 1 aromatic carbocycles. The first kappa shape index (κ1) is 15.7. The van der Waals surface area contributed by atoms with Crippen LogP contribution in [0.3, 0.4) is 0 Å². The van der Waals surface area contributed by atoms with E-state index < -0.39 is 5.97 Å². The van der Waals surface area contributed by atoms with Crippen molar-refractivity contribution in [2.75, 3.05) is 0 Å². The van der Waals surface area contributed by atoms with Crippen molar-refractivity contribution in [1.82, 2.24) is 10.3 Å². The first-order chi connectivity index (χ1) is 9.86. The van der Waals surface area contributed by atoms with Crippen LogP contribution >= 0.6 is 11.3 Å². The number of carboxylic acids is 1. The Balaban J connectivity index is 1.91. The van der Waals surface area contributed by atoms with E-state index in [1.54, 1.807) is 29.5 Å². The van der Waals surface area contributed by atoms with Crippen molar-refractivity contribution in [1.29, 1.82) is 0 Å². The summed E-state index contributed by atoms with van der Waals surface area (Å²) in [6.45, 7) is 7.77. The number of nitrogens with one attached hydrogen (secondary N) is 1. The summed E-state index contributed by atoms with van der Waals surface area (Å²) >= 11 is 1.65. The van der Waals surface area contributed by atoms with E-state index in [2.05, 4.69) is 36.5 Å². The standard InChI is InChI=1S/C16H20N2O2S/c1-16(2,3)13-10-21-14(18-13)9-17-8-11-5-4-6-12(7-11)15(19)20/h4-7,10,17H,8-9H2,1-3H3,(H,19,20). The summed E-state index contributed by atoms with van der Waals surface area (Å²) in [5.41, 5.74) is 2.46.